The molecular weight excluding hydrogens is 562 g/mol. The number of carbonyl (C=O) groups excluding carboxylic acids is 1. The number of benzene rings is 2. The number of anilines is 1. The summed E-state index contributed by atoms with van der Waals surface area (Å²) in [6.07, 6.45) is -0.811. The predicted molar refractivity (Wildman–Crippen MR) is 159 cm³/mol. The van der Waals surface area contributed by atoms with Gasteiger partial charge in [-0.15, -0.1) is 0 Å². The van der Waals surface area contributed by atoms with Gasteiger partial charge in [-0.2, -0.15) is 4.31 Å². The largest absolute Gasteiger partial charge is 0.443 e. The van der Waals surface area contributed by atoms with Gasteiger partial charge in [-0.05, 0) is 55.0 Å². The Morgan fingerprint density at radius 2 is 1.79 bits per heavy atom. The minimum Gasteiger partial charge on any atom is -0.443 e. The summed E-state index contributed by atoms with van der Waals surface area (Å²) in [4.78, 5) is 13.0. The Balaban J connectivity index is 0.00000114. The number of aliphatic hydroxyl groups is 2. The number of hydrogen-bond donors (Lipinski definition) is 4. The maximum Gasteiger partial charge on any atom is 0.407 e. The number of sulfonamides is 1. The monoisotopic (exact) mass is 607 g/mol. The Morgan fingerprint density at radius 1 is 1.12 bits per heavy atom. The maximum absolute atomic E-state index is 13.5. The molecule has 5 atom stereocenters. The molecule has 0 radical (unpaired) electrons. The molecule has 0 saturated carbocycles. The van der Waals surface area contributed by atoms with Crippen molar-refractivity contribution in [2.75, 3.05) is 38.6 Å². The van der Waals surface area contributed by atoms with Crippen LogP contribution >= 0.6 is 0 Å². The van der Waals surface area contributed by atoms with E-state index in [1.807, 2.05) is 51.1 Å². The molecule has 2 aliphatic rings. The first kappa shape index (κ1) is 33.8. The van der Waals surface area contributed by atoms with Gasteiger partial charge in [-0.25, -0.2) is 13.2 Å². The summed E-state index contributed by atoms with van der Waals surface area (Å²) >= 11 is 0. The number of hydrogen-bond acceptors (Lipinski definition) is 9. The van der Waals surface area contributed by atoms with E-state index in [0.717, 1.165) is 18.4 Å². The average Bonchev–Trinajstić information content (AvgIpc) is 3.58. The SMILES string of the molecule is CC(C)CN(C[C@@H](O)[C@H](Cc1ccccc1)NC(=O)O[C@H]1CO[C@H]2OCC[C@H]21)S(=O)(=O)c1ccc(N)cc1.CCCO. The number of aliphatic hydroxyl groups excluding tert-OH is 2. The van der Waals surface area contributed by atoms with Gasteiger partial charge in [0.25, 0.3) is 0 Å². The number of alkyl carbamates (subject to hydrolysis) is 1. The minimum atomic E-state index is -3.93. The van der Waals surface area contributed by atoms with E-state index < -0.39 is 34.4 Å². The summed E-state index contributed by atoms with van der Waals surface area (Å²) in [5.41, 5.74) is 7.07. The topological polar surface area (TPSA) is 161 Å². The van der Waals surface area contributed by atoms with Crippen molar-refractivity contribution >= 4 is 21.8 Å². The zero-order valence-electron chi connectivity index (χ0n) is 24.6. The Kier molecular flexibility index (Phi) is 13.0. The van der Waals surface area contributed by atoms with E-state index in [-0.39, 0.29) is 49.1 Å². The molecule has 0 bridgehead atoms. The van der Waals surface area contributed by atoms with Crippen molar-refractivity contribution in [1.82, 2.24) is 9.62 Å². The lowest BCUT2D eigenvalue weighted by Crippen LogP contribution is -2.51. The van der Waals surface area contributed by atoms with Crippen molar-refractivity contribution in [3.8, 4) is 0 Å². The first-order chi connectivity index (χ1) is 20.0. The molecule has 12 heteroatoms. The molecule has 0 unspecified atom stereocenters. The van der Waals surface area contributed by atoms with Gasteiger partial charge < -0.3 is 35.5 Å². The van der Waals surface area contributed by atoms with Gasteiger partial charge >= 0.3 is 6.09 Å². The van der Waals surface area contributed by atoms with E-state index >= 15 is 0 Å². The fourth-order valence-electron chi connectivity index (χ4n) is 4.82. The van der Waals surface area contributed by atoms with Crippen LogP contribution in [-0.2, 0) is 30.7 Å². The second-order valence-corrected chi connectivity index (χ2v) is 12.9. The summed E-state index contributed by atoms with van der Waals surface area (Å²) in [6.45, 7) is 6.83. The van der Waals surface area contributed by atoms with Crippen molar-refractivity contribution in [3.63, 3.8) is 0 Å². The molecule has 5 N–H and O–H groups in total. The molecule has 2 aliphatic heterocycles. The fraction of sp³-hybridized carbons (Fsp3) is 0.567. The molecule has 1 amide bonds. The minimum absolute atomic E-state index is 0.000183. The number of nitrogens with two attached hydrogens (primary N) is 1. The van der Waals surface area contributed by atoms with Gasteiger partial charge in [0.2, 0.25) is 10.0 Å². The number of rotatable bonds is 12. The molecule has 0 aromatic heterocycles. The average molecular weight is 608 g/mol. The van der Waals surface area contributed by atoms with Crippen molar-refractivity contribution in [1.29, 1.82) is 0 Å². The molecule has 0 aliphatic carbocycles. The van der Waals surface area contributed by atoms with Crippen molar-refractivity contribution < 1.29 is 37.6 Å². The lowest BCUT2D eigenvalue weighted by Gasteiger charge is -2.31. The summed E-state index contributed by atoms with van der Waals surface area (Å²) in [7, 11) is -3.93. The van der Waals surface area contributed by atoms with Gasteiger partial charge in [-0.3, -0.25) is 0 Å². The van der Waals surface area contributed by atoms with Crippen LogP contribution in [0, 0.1) is 11.8 Å². The van der Waals surface area contributed by atoms with Gasteiger partial charge in [-0.1, -0.05) is 51.1 Å². The quantitative estimate of drug-likeness (QED) is 0.266. The van der Waals surface area contributed by atoms with Crippen LogP contribution < -0.4 is 11.1 Å². The molecule has 2 heterocycles. The molecule has 11 nitrogen and oxygen atoms in total. The standard InChI is InChI=1S/C27H37N3O7S.C3H8O/c1-18(2)15-30(38(33,34)21-10-8-20(28)9-11-21)16-24(31)23(14-19-6-4-3-5-7-19)29-27(32)37-25-17-36-26-22(25)12-13-35-26;1-2-3-4/h3-11,18,22-26,31H,12-17,28H2,1-2H3,(H,29,32);4H,2-3H2,1H3/t22-,23-,24+,25-,26+;/m0./s1. The fourth-order valence-corrected chi connectivity index (χ4v) is 6.45. The van der Waals surface area contributed by atoms with Crippen LogP contribution in [0.5, 0.6) is 0 Å². The Morgan fingerprint density at radius 3 is 2.40 bits per heavy atom. The molecule has 42 heavy (non-hydrogen) atoms. The smallest absolute Gasteiger partial charge is 0.407 e. The van der Waals surface area contributed by atoms with Crippen LogP contribution in [0.2, 0.25) is 0 Å². The Hall–Kier alpha value is -2.74. The lowest BCUT2D eigenvalue weighted by molar-refractivity contribution is -0.0907. The summed E-state index contributed by atoms with van der Waals surface area (Å²) in [5, 5.41) is 22.0. The summed E-state index contributed by atoms with van der Waals surface area (Å²) in [6, 6.07) is 14.5. The van der Waals surface area contributed by atoms with Gasteiger partial charge in [0.15, 0.2) is 6.29 Å². The third kappa shape index (κ3) is 9.65. The van der Waals surface area contributed by atoms with Crippen molar-refractivity contribution in [2.45, 2.75) is 69.5 Å². The van der Waals surface area contributed by atoms with Gasteiger partial charge in [0.05, 0.1) is 36.2 Å². The third-order valence-corrected chi connectivity index (χ3v) is 8.86. The van der Waals surface area contributed by atoms with Crippen molar-refractivity contribution in [3.05, 3.63) is 60.2 Å². The van der Waals surface area contributed by atoms with E-state index in [0.29, 0.717) is 18.9 Å². The number of carbonyl (C=O) groups is 1. The van der Waals surface area contributed by atoms with E-state index in [1.165, 1.54) is 28.6 Å². The third-order valence-electron chi connectivity index (χ3n) is 7.01. The maximum atomic E-state index is 13.5. The summed E-state index contributed by atoms with van der Waals surface area (Å²) in [5.74, 6) is -0.0231. The summed E-state index contributed by atoms with van der Waals surface area (Å²) < 4.78 is 44.9. The molecule has 2 aromatic carbocycles. The second-order valence-electron chi connectivity index (χ2n) is 11.0. The normalized spacial score (nSPS) is 21.4. The first-order valence-electron chi connectivity index (χ1n) is 14.4. The van der Waals surface area contributed by atoms with E-state index in [2.05, 4.69) is 5.32 Å². The predicted octanol–water partition coefficient (Wildman–Crippen LogP) is 2.76. The van der Waals surface area contributed by atoms with Crippen LogP contribution in [0.25, 0.3) is 0 Å². The number of nitrogen functional groups attached to an aromatic ring is 1. The second kappa shape index (κ2) is 16.2. The molecule has 2 aromatic rings. The number of nitrogens with zero attached hydrogens (tertiary/aromatic N) is 1. The van der Waals surface area contributed by atoms with E-state index in [1.54, 1.807) is 0 Å². The van der Waals surface area contributed by atoms with Crippen LogP contribution in [0.15, 0.2) is 59.5 Å². The zero-order chi connectivity index (χ0) is 30.7. The number of amides is 1. The van der Waals surface area contributed by atoms with Crippen LogP contribution in [-0.4, -0.2) is 86.5 Å². The molecule has 2 saturated heterocycles. The van der Waals surface area contributed by atoms with Crippen molar-refractivity contribution in [2.24, 2.45) is 11.8 Å². The highest BCUT2D eigenvalue weighted by atomic mass is 32.2. The molecule has 4 rings (SSSR count). The van der Waals surface area contributed by atoms with E-state index in [9.17, 15) is 18.3 Å². The lowest BCUT2D eigenvalue weighted by atomic mass is 10.0. The highest BCUT2D eigenvalue weighted by Gasteiger charge is 2.44. The number of nitrogens with one attached hydrogen (secondary N) is 1. The number of ether oxygens (including phenoxy) is 3. The number of fused-ring (bicyclic) bond motifs is 1. The molecule has 0 spiro atoms. The molecule has 234 valence electrons. The zero-order valence-corrected chi connectivity index (χ0v) is 25.4. The van der Waals surface area contributed by atoms with E-state index in [4.69, 9.17) is 25.1 Å². The molecule has 2 fully saturated rings. The van der Waals surface area contributed by atoms with Gasteiger partial charge in [0, 0.05) is 25.4 Å². The van der Waals surface area contributed by atoms with Crippen LogP contribution in [0.3, 0.4) is 0 Å². The van der Waals surface area contributed by atoms with Crippen LogP contribution in [0.4, 0.5) is 10.5 Å². The first-order valence-corrected chi connectivity index (χ1v) is 15.9. The highest BCUT2D eigenvalue weighted by Crippen LogP contribution is 2.33. The highest BCUT2D eigenvalue weighted by molar-refractivity contribution is 7.89. The Bertz CT molecular complexity index is 1190. The van der Waals surface area contributed by atoms with Crippen LogP contribution in [0.1, 0.15) is 39.2 Å². The molecular formula is C30H45N3O8S. The van der Waals surface area contributed by atoms with Gasteiger partial charge in [0.1, 0.15) is 6.10 Å². The Labute approximate surface area is 249 Å².